The second-order valence-electron chi connectivity index (χ2n) is 6.60. The maximum atomic E-state index is 12.6. The number of hydrogen-bond donors (Lipinski definition) is 0. The average Bonchev–Trinajstić information content (AvgIpc) is 3.19. The molecule has 0 N–H and O–H groups in total. The predicted octanol–water partition coefficient (Wildman–Crippen LogP) is 3.44. The first-order valence-electron chi connectivity index (χ1n) is 8.78. The number of benzene rings is 2. The van der Waals surface area contributed by atoms with E-state index in [1.54, 1.807) is 12.1 Å². The van der Waals surface area contributed by atoms with E-state index in [2.05, 4.69) is 22.1 Å². The number of aromatic nitrogens is 2. The van der Waals surface area contributed by atoms with Gasteiger partial charge >= 0.3 is 0 Å². The summed E-state index contributed by atoms with van der Waals surface area (Å²) in [4.78, 5) is 21.2. The highest BCUT2D eigenvalue weighted by molar-refractivity contribution is 6.30. The molecule has 1 amide bonds. The number of rotatable bonds is 3. The molecular weight excluding hydrogens is 364 g/mol. The molecule has 0 saturated carbocycles. The number of carbonyl (C=O) groups is 1. The van der Waals surface area contributed by atoms with Crippen LogP contribution in [0, 0.1) is 0 Å². The van der Waals surface area contributed by atoms with E-state index in [-0.39, 0.29) is 5.91 Å². The third-order valence-corrected chi connectivity index (χ3v) is 4.95. The summed E-state index contributed by atoms with van der Waals surface area (Å²) in [7, 11) is 2.07. The van der Waals surface area contributed by atoms with E-state index in [4.69, 9.17) is 16.1 Å². The van der Waals surface area contributed by atoms with Gasteiger partial charge in [0.1, 0.15) is 0 Å². The van der Waals surface area contributed by atoms with Crippen molar-refractivity contribution in [3.63, 3.8) is 0 Å². The highest BCUT2D eigenvalue weighted by Gasteiger charge is 2.20. The lowest BCUT2D eigenvalue weighted by molar-refractivity contribution is 0.0664. The van der Waals surface area contributed by atoms with Gasteiger partial charge in [0.05, 0.1) is 0 Å². The van der Waals surface area contributed by atoms with Gasteiger partial charge in [0, 0.05) is 47.9 Å². The fourth-order valence-electron chi connectivity index (χ4n) is 3.00. The number of halogens is 1. The Kier molecular flexibility index (Phi) is 4.92. The maximum absolute atomic E-state index is 12.6. The van der Waals surface area contributed by atoms with Crippen molar-refractivity contribution in [3.8, 4) is 22.8 Å². The van der Waals surface area contributed by atoms with Crippen LogP contribution in [0.25, 0.3) is 22.8 Å². The van der Waals surface area contributed by atoms with Gasteiger partial charge in [0.15, 0.2) is 0 Å². The Hall–Kier alpha value is -2.70. The molecule has 0 bridgehead atoms. The second-order valence-corrected chi connectivity index (χ2v) is 7.04. The van der Waals surface area contributed by atoms with E-state index in [1.807, 2.05) is 41.3 Å². The van der Waals surface area contributed by atoms with Crippen LogP contribution < -0.4 is 0 Å². The average molecular weight is 383 g/mol. The van der Waals surface area contributed by atoms with E-state index in [9.17, 15) is 4.79 Å². The van der Waals surface area contributed by atoms with Crippen molar-refractivity contribution >= 4 is 17.5 Å². The normalized spacial score (nSPS) is 15.1. The van der Waals surface area contributed by atoms with Crippen molar-refractivity contribution in [3.05, 3.63) is 59.1 Å². The van der Waals surface area contributed by atoms with Crippen molar-refractivity contribution in [2.24, 2.45) is 0 Å². The van der Waals surface area contributed by atoms with Crippen LogP contribution in [-0.4, -0.2) is 59.1 Å². The largest absolute Gasteiger partial charge is 0.336 e. The Labute approximate surface area is 162 Å². The minimum atomic E-state index is 0.0574. The third kappa shape index (κ3) is 3.86. The molecule has 3 aromatic rings. The zero-order valence-electron chi connectivity index (χ0n) is 14.9. The van der Waals surface area contributed by atoms with Crippen LogP contribution in [0.3, 0.4) is 0 Å². The van der Waals surface area contributed by atoms with Crippen LogP contribution in [-0.2, 0) is 0 Å². The van der Waals surface area contributed by atoms with Gasteiger partial charge in [0.25, 0.3) is 11.8 Å². The summed E-state index contributed by atoms with van der Waals surface area (Å²) in [5.41, 5.74) is 2.27. The van der Waals surface area contributed by atoms with Crippen molar-refractivity contribution < 1.29 is 9.32 Å². The second kappa shape index (κ2) is 7.50. The Morgan fingerprint density at radius 1 is 0.963 bits per heavy atom. The van der Waals surface area contributed by atoms with Crippen LogP contribution in [0.4, 0.5) is 0 Å². The summed E-state index contributed by atoms with van der Waals surface area (Å²) in [5, 5.41) is 4.68. The number of piperazine rings is 1. The molecule has 2 heterocycles. The van der Waals surface area contributed by atoms with Gasteiger partial charge in [-0.2, -0.15) is 4.98 Å². The third-order valence-electron chi connectivity index (χ3n) is 4.70. The Morgan fingerprint density at radius 2 is 1.59 bits per heavy atom. The summed E-state index contributed by atoms with van der Waals surface area (Å²) in [6.45, 7) is 3.31. The van der Waals surface area contributed by atoms with Crippen LogP contribution >= 0.6 is 11.6 Å². The molecule has 138 valence electrons. The molecular formula is C20H19ClN4O2. The molecule has 7 heteroatoms. The van der Waals surface area contributed by atoms with E-state index < -0.39 is 0 Å². The summed E-state index contributed by atoms with van der Waals surface area (Å²) < 4.78 is 5.37. The summed E-state index contributed by atoms with van der Waals surface area (Å²) in [6.07, 6.45) is 0. The number of hydrogen-bond acceptors (Lipinski definition) is 5. The van der Waals surface area contributed by atoms with E-state index in [0.717, 1.165) is 37.3 Å². The zero-order chi connectivity index (χ0) is 18.8. The van der Waals surface area contributed by atoms with E-state index >= 15 is 0 Å². The maximum Gasteiger partial charge on any atom is 0.258 e. The lowest BCUT2D eigenvalue weighted by Gasteiger charge is -2.32. The molecule has 27 heavy (non-hydrogen) atoms. The van der Waals surface area contributed by atoms with Gasteiger partial charge < -0.3 is 14.3 Å². The molecule has 1 fully saturated rings. The first-order chi connectivity index (χ1) is 13.1. The number of amides is 1. The fourth-order valence-corrected chi connectivity index (χ4v) is 3.13. The number of carbonyl (C=O) groups excluding carboxylic acids is 1. The molecule has 0 aliphatic carbocycles. The van der Waals surface area contributed by atoms with Gasteiger partial charge in [-0.15, -0.1) is 0 Å². The first-order valence-corrected chi connectivity index (χ1v) is 9.16. The fraction of sp³-hybridized carbons (Fsp3) is 0.250. The standard InChI is InChI=1S/C20H19ClN4O2/c1-24-10-12-25(13-11-24)20(26)16-4-2-15(3-5-16)19-22-18(23-27-19)14-6-8-17(21)9-7-14/h2-9H,10-13H2,1H3. The van der Waals surface area contributed by atoms with Gasteiger partial charge in [-0.25, -0.2) is 0 Å². The summed E-state index contributed by atoms with van der Waals surface area (Å²) >= 11 is 5.91. The van der Waals surface area contributed by atoms with E-state index in [1.165, 1.54) is 0 Å². The van der Waals surface area contributed by atoms with E-state index in [0.29, 0.717) is 22.3 Å². The zero-order valence-corrected chi connectivity index (χ0v) is 15.7. The summed E-state index contributed by atoms with van der Waals surface area (Å²) in [5.74, 6) is 0.972. The lowest BCUT2D eigenvalue weighted by atomic mass is 10.1. The molecule has 1 aliphatic rings. The van der Waals surface area contributed by atoms with Crippen molar-refractivity contribution in [1.82, 2.24) is 19.9 Å². The molecule has 1 aromatic heterocycles. The van der Waals surface area contributed by atoms with Crippen molar-refractivity contribution in [2.75, 3.05) is 33.2 Å². The highest BCUT2D eigenvalue weighted by atomic mass is 35.5. The Morgan fingerprint density at radius 3 is 2.26 bits per heavy atom. The van der Waals surface area contributed by atoms with Gasteiger partial charge in [-0.05, 0) is 55.6 Å². The van der Waals surface area contributed by atoms with Crippen LogP contribution in [0.5, 0.6) is 0 Å². The monoisotopic (exact) mass is 382 g/mol. The van der Waals surface area contributed by atoms with Crippen LogP contribution in [0.15, 0.2) is 53.1 Å². The quantitative estimate of drug-likeness (QED) is 0.694. The smallest absolute Gasteiger partial charge is 0.258 e. The molecule has 0 radical (unpaired) electrons. The first kappa shape index (κ1) is 17.7. The predicted molar refractivity (Wildman–Crippen MR) is 104 cm³/mol. The molecule has 0 spiro atoms. The Bertz CT molecular complexity index is 929. The molecule has 4 rings (SSSR count). The molecule has 1 aliphatic heterocycles. The Balaban J connectivity index is 1.49. The minimum Gasteiger partial charge on any atom is -0.336 e. The topological polar surface area (TPSA) is 62.5 Å². The van der Waals surface area contributed by atoms with Gasteiger partial charge in [0.2, 0.25) is 5.82 Å². The van der Waals surface area contributed by atoms with Gasteiger partial charge in [-0.3, -0.25) is 4.79 Å². The minimum absolute atomic E-state index is 0.0574. The SMILES string of the molecule is CN1CCN(C(=O)c2ccc(-c3nc(-c4ccc(Cl)cc4)no3)cc2)CC1. The molecule has 0 unspecified atom stereocenters. The molecule has 2 aromatic carbocycles. The van der Waals surface area contributed by atoms with Crippen LogP contribution in [0.1, 0.15) is 10.4 Å². The molecule has 6 nitrogen and oxygen atoms in total. The summed E-state index contributed by atoms with van der Waals surface area (Å²) in [6, 6.07) is 14.5. The lowest BCUT2D eigenvalue weighted by Crippen LogP contribution is -2.47. The van der Waals surface area contributed by atoms with Crippen LogP contribution in [0.2, 0.25) is 5.02 Å². The molecule has 0 atom stereocenters. The highest BCUT2D eigenvalue weighted by Crippen LogP contribution is 2.24. The number of likely N-dealkylation sites (N-methyl/N-ethyl adjacent to an activating group) is 1. The van der Waals surface area contributed by atoms with Crippen molar-refractivity contribution in [1.29, 1.82) is 0 Å². The molecule has 1 saturated heterocycles. The van der Waals surface area contributed by atoms with Crippen molar-refractivity contribution in [2.45, 2.75) is 0 Å². The van der Waals surface area contributed by atoms with Gasteiger partial charge in [-0.1, -0.05) is 16.8 Å². The number of nitrogens with zero attached hydrogens (tertiary/aromatic N) is 4.